The first-order valence-corrected chi connectivity index (χ1v) is 13.2. The molecule has 184 valence electrons. The highest BCUT2D eigenvalue weighted by Gasteiger charge is 2.20. The third-order valence-electron chi connectivity index (χ3n) is 5.47. The van der Waals surface area contributed by atoms with Crippen LogP contribution in [0, 0.1) is 0 Å². The number of fused-ring (bicyclic) bond motifs is 1. The molecule has 10 heteroatoms. The van der Waals surface area contributed by atoms with Gasteiger partial charge in [-0.25, -0.2) is 4.98 Å². The Morgan fingerprint density at radius 3 is 2.74 bits per heavy atom. The number of halogens is 2. The number of aromatic nitrogens is 1. The van der Waals surface area contributed by atoms with E-state index in [0.29, 0.717) is 23.7 Å². The molecule has 2 aromatic carbocycles. The van der Waals surface area contributed by atoms with Crippen LogP contribution in [0.5, 0.6) is 5.75 Å². The molecule has 1 fully saturated rings. The average Bonchev–Trinajstić information content (AvgIpc) is 3.26. The molecule has 0 bridgehead atoms. The lowest BCUT2D eigenvalue weighted by Gasteiger charge is -2.27. The number of hydrogen-bond donors (Lipinski definition) is 0. The number of methoxy groups -OCH3 is 1. The topological polar surface area (TPSA) is 54.9 Å². The van der Waals surface area contributed by atoms with Crippen molar-refractivity contribution in [2.45, 2.75) is 17.7 Å². The molecule has 0 atom stereocenters. The molecule has 4 rings (SSSR count). The van der Waals surface area contributed by atoms with Gasteiger partial charge in [-0.2, -0.15) is 0 Å². The highest BCUT2D eigenvalue weighted by atomic mass is 35.5. The van der Waals surface area contributed by atoms with E-state index in [0.717, 1.165) is 65.3 Å². The molecule has 1 amide bonds. The summed E-state index contributed by atoms with van der Waals surface area (Å²) in [6.45, 7) is 5.07. The van der Waals surface area contributed by atoms with Gasteiger partial charge >= 0.3 is 0 Å². The Kier molecular flexibility index (Phi) is 10.8. The number of ether oxygens (including phenoxy) is 2. The van der Waals surface area contributed by atoms with Crippen molar-refractivity contribution in [2.24, 2.45) is 0 Å². The fourth-order valence-corrected chi connectivity index (χ4v) is 5.62. The molecule has 1 aromatic heterocycles. The number of amides is 1. The van der Waals surface area contributed by atoms with Crippen molar-refractivity contribution in [3.63, 3.8) is 0 Å². The number of nitrogens with zero attached hydrogens (tertiary/aromatic N) is 3. The predicted octanol–water partition coefficient (Wildman–Crippen LogP) is 5.62. The lowest BCUT2D eigenvalue weighted by Crippen LogP contribution is -2.39. The zero-order valence-corrected chi connectivity index (χ0v) is 22.3. The van der Waals surface area contributed by atoms with Crippen LogP contribution in [0.2, 0.25) is 5.02 Å². The van der Waals surface area contributed by atoms with Crippen molar-refractivity contribution >= 4 is 68.4 Å². The molecule has 3 aromatic rings. The van der Waals surface area contributed by atoms with E-state index < -0.39 is 0 Å². The lowest BCUT2D eigenvalue weighted by molar-refractivity contribution is -0.118. The van der Waals surface area contributed by atoms with Gasteiger partial charge in [-0.3, -0.25) is 14.6 Å². The lowest BCUT2D eigenvalue weighted by atomic mass is 10.3. The maximum atomic E-state index is 13.3. The molecule has 34 heavy (non-hydrogen) atoms. The molecule has 0 N–H and O–H groups in total. The molecule has 0 saturated carbocycles. The number of morpholine rings is 1. The zero-order chi connectivity index (χ0) is 23.0. The van der Waals surface area contributed by atoms with Crippen LogP contribution in [0.25, 0.3) is 10.2 Å². The van der Waals surface area contributed by atoms with E-state index in [4.69, 9.17) is 26.1 Å². The minimum Gasteiger partial charge on any atom is -0.497 e. The largest absolute Gasteiger partial charge is 0.497 e. The minimum atomic E-state index is 0. The van der Waals surface area contributed by atoms with Crippen LogP contribution in [0.4, 0.5) is 5.13 Å². The highest BCUT2D eigenvalue weighted by Crippen LogP contribution is 2.32. The van der Waals surface area contributed by atoms with Crippen LogP contribution in [-0.4, -0.2) is 68.0 Å². The van der Waals surface area contributed by atoms with Crippen LogP contribution in [0.1, 0.15) is 12.8 Å². The van der Waals surface area contributed by atoms with Gasteiger partial charge in [0, 0.05) is 54.3 Å². The summed E-state index contributed by atoms with van der Waals surface area (Å²) in [5.41, 5.74) is 0.857. The first kappa shape index (κ1) is 27.0. The van der Waals surface area contributed by atoms with Crippen molar-refractivity contribution in [1.82, 2.24) is 9.88 Å². The van der Waals surface area contributed by atoms with E-state index in [-0.39, 0.29) is 18.3 Å². The second kappa shape index (κ2) is 13.5. The highest BCUT2D eigenvalue weighted by molar-refractivity contribution is 7.99. The van der Waals surface area contributed by atoms with E-state index in [1.807, 2.05) is 47.4 Å². The van der Waals surface area contributed by atoms with Crippen molar-refractivity contribution in [3.8, 4) is 5.75 Å². The molecule has 0 unspecified atom stereocenters. The second-order valence-corrected chi connectivity index (χ2v) is 10.3. The van der Waals surface area contributed by atoms with Gasteiger partial charge in [0.05, 0.1) is 30.5 Å². The maximum absolute atomic E-state index is 13.3. The van der Waals surface area contributed by atoms with Crippen LogP contribution in [-0.2, 0) is 9.53 Å². The molecule has 1 aliphatic heterocycles. The Balaban J connectivity index is 0.00000324. The number of thiazole rings is 1. The Morgan fingerprint density at radius 1 is 1.24 bits per heavy atom. The quantitative estimate of drug-likeness (QED) is 0.310. The summed E-state index contributed by atoms with van der Waals surface area (Å²) in [5, 5.41) is 1.47. The number of carbonyl (C=O) groups excluding carboxylic acids is 1. The maximum Gasteiger partial charge on any atom is 0.229 e. The second-order valence-electron chi connectivity index (χ2n) is 7.74. The molecular formula is C24H29Cl2N3O3S2. The van der Waals surface area contributed by atoms with Crippen LogP contribution >= 0.6 is 47.1 Å². The van der Waals surface area contributed by atoms with Gasteiger partial charge < -0.3 is 9.47 Å². The van der Waals surface area contributed by atoms with Gasteiger partial charge in [0.2, 0.25) is 5.91 Å². The van der Waals surface area contributed by atoms with Gasteiger partial charge in [0.15, 0.2) is 5.13 Å². The monoisotopic (exact) mass is 541 g/mol. The van der Waals surface area contributed by atoms with Gasteiger partial charge in [0.25, 0.3) is 0 Å². The van der Waals surface area contributed by atoms with Crippen molar-refractivity contribution in [3.05, 3.63) is 47.5 Å². The average molecular weight is 543 g/mol. The fraction of sp³-hybridized carbons (Fsp3) is 0.417. The smallest absolute Gasteiger partial charge is 0.229 e. The zero-order valence-electron chi connectivity index (χ0n) is 19.1. The first-order valence-electron chi connectivity index (χ1n) is 11.1. The number of anilines is 1. The normalized spacial score (nSPS) is 14.1. The van der Waals surface area contributed by atoms with E-state index in [1.54, 1.807) is 30.2 Å². The third kappa shape index (κ3) is 7.47. The van der Waals surface area contributed by atoms with Gasteiger partial charge in [-0.15, -0.1) is 24.2 Å². The molecule has 6 nitrogen and oxygen atoms in total. The number of hydrogen-bond acceptors (Lipinski definition) is 7. The van der Waals surface area contributed by atoms with Gasteiger partial charge in [-0.1, -0.05) is 22.9 Å². The van der Waals surface area contributed by atoms with E-state index in [1.165, 1.54) is 0 Å². The van der Waals surface area contributed by atoms with E-state index in [9.17, 15) is 4.79 Å². The summed E-state index contributed by atoms with van der Waals surface area (Å²) < 4.78 is 11.8. The van der Waals surface area contributed by atoms with Crippen LogP contribution in [0.3, 0.4) is 0 Å². The van der Waals surface area contributed by atoms with Crippen molar-refractivity contribution < 1.29 is 14.3 Å². The Morgan fingerprint density at radius 2 is 2.00 bits per heavy atom. The summed E-state index contributed by atoms with van der Waals surface area (Å²) in [7, 11) is 1.65. The summed E-state index contributed by atoms with van der Waals surface area (Å²) in [4.78, 5) is 23.4. The summed E-state index contributed by atoms with van der Waals surface area (Å²) in [6, 6.07) is 13.6. The minimum absolute atomic E-state index is 0. The first-order chi connectivity index (χ1) is 16.1. The Bertz CT molecular complexity index is 1060. The summed E-state index contributed by atoms with van der Waals surface area (Å²) >= 11 is 9.19. The Labute approximate surface area is 220 Å². The van der Waals surface area contributed by atoms with Crippen LogP contribution < -0.4 is 9.64 Å². The van der Waals surface area contributed by atoms with Crippen molar-refractivity contribution in [2.75, 3.05) is 57.2 Å². The molecule has 0 spiro atoms. The number of thioether (sulfide) groups is 1. The third-order valence-corrected chi connectivity index (χ3v) is 7.80. The van der Waals surface area contributed by atoms with Gasteiger partial charge in [-0.05, 0) is 42.8 Å². The molecule has 1 aliphatic rings. The summed E-state index contributed by atoms with van der Waals surface area (Å²) in [5.74, 6) is 1.58. The Hall–Kier alpha value is -1.55. The van der Waals surface area contributed by atoms with Crippen molar-refractivity contribution in [1.29, 1.82) is 0 Å². The standard InChI is InChI=1S/C24H28ClN3O3S2.ClH/c1-30-19-5-8-22-21(17-19)26-24(33-22)28(11-2-10-27-12-14-31-15-13-27)23(29)9-16-32-20-6-3-18(25)4-7-20;/h3-8,17H,2,9-16H2,1H3;1H. The van der Waals surface area contributed by atoms with Gasteiger partial charge in [0.1, 0.15) is 5.75 Å². The molecule has 1 saturated heterocycles. The number of rotatable bonds is 10. The SMILES string of the molecule is COc1ccc2sc(N(CCCN3CCOCC3)C(=O)CCSc3ccc(Cl)cc3)nc2c1.Cl. The number of benzene rings is 2. The molecule has 2 heterocycles. The van der Waals surface area contributed by atoms with Crippen LogP contribution in [0.15, 0.2) is 47.4 Å². The molecule has 0 aliphatic carbocycles. The molecule has 0 radical (unpaired) electrons. The van der Waals surface area contributed by atoms with E-state index in [2.05, 4.69) is 4.90 Å². The number of carbonyl (C=O) groups is 1. The van der Waals surface area contributed by atoms with E-state index >= 15 is 0 Å². The predicted molar refractivity (Wildman–Crippen MR) is 144 cm³/mol. The fourth-order valence-electron chi connectivity index (χ4n) is 3.66. The summed E-state index contributed by atoms with van der Waals surface area (Å²) in [6.07, 6.45) is 1.35. The molecular weight excluding hydrogens is 513 g/mol.